The number of amides is 1. The highest BCUT2D eigenvalue weighted by Gasteiger charge is 2.29. The molecule has 0 aromatic heterocycles. The van der Waals surface area contributed by atoms with E-state index in [4.69, 9.17) is 5.73 Å². The van der Waals surface area contributed by atoms with Gasteiger partial charge in [0.15, 0.2) is 0 Å². The summed E-state index contributed by atoms with van der Waals surface area (Å²) >= 11 is 3.38. The van der Waals surface area contributed by atoms with Crippen LogP contribution in [-0.4, -0.2) is 35.0 Å². The third kappa shape index (κ3) is 3.81. The van der Waals surface area contributed by atoms with Gasteiger partial charge in [0, 0.05) is 23.6 Å². The number of carbonyl (C=O) groups is 1. The Kier molecular flexibility index (Phi) is 5.18. The molecular formula is C15H21BrN2O2. The zero-order valence-electron chi connectivity index (χ0n) is 11.6. The van der Waals surface area contributed by atoms with E-state index in [1.165, 1.54) is 0 Å². The van der Waals surface area contributed by atoms with Gasteiger partial charge in [-0.15, -0.1) is 0 Å². The number of β-amino-alcohol motifs (C(OH)–C–C–N with tert-alkyl or cyclic N) is 1. The fraction of sp³-hybridized carbons (Fsp3) is 0.533. The molecule has 0 radical (unpaired) electrons. The van der Waals surface area contributed by atoms with Gasteiger partial charge in [-0.05, 0) is 37.5 Å². The smallest absolute Gasteiger partial charge is 0.221 e. The van der Waals surface area contributed by atoms with Crippen molar-refractivity contribution >= 4 is 21.8 Å². The van der Waals surface area contributed by atoms with E-state index in [1.807, 2.05) is 24.3 Å². The fourth-order valence-electron chi connectivity index (χ4n) is 2.68. The molecule has 1 fully saturated rings. The molecule has 1 heterocycles. The average molecular weight is 341 g/mol. The second-order valence-corrected chi connectivity index (χ2v) is 6.46. The van der Waals surface area contributed by atoms with Gasteiger partial charge in [0.25, 0.3) is 0 Å². The maximum Gasteiger partial charge on any atom is 0.221 e. The SMILES string of the molecule is CC1CCC(C(N)=O)CN1CC(O)c1ccc(Br)cc1. The van der Waals surface area contributed by atoms with Crippen LogP contribution in [0.25, 0.3) is 0 Å². The molecule has 4 nitrogen and oxygen atoms in total. The Balaban J connectivity index is 2.00. The van der Waals surface area contributed by atoms with Gasteiger partial charge in [-0.2, -0.15) is 0 Å². The topological polar surface area (TPSA) is 66.6 Å². The van der Waals surface area contributed by atoms with Crippen molar-refractivity contribution in [3.05, 3.63) is 34.3 Å². The number of primary amides is 1. The van der Waals surface area contributed by atoms with Gasteiger partial charge in [0.1, 0.15) is 0 Å². The minimum Gasteiger partial charge on any atom is -0.387 e. The molecule has 1 aromatic carbocycles. The number of aliphatic hydroxyl groups is 1. The van der Waals surface area contributed by atoms with Crippen LogP contribution in [0.15, 0.2) is 28.7 Å². The molecule has 0 bridgehead atoms. The third-order valence-electron chi connectivity index (χ3n) is 4.08. The number of piperidine rings is 1. The normalized spacial score (nSPS) is 25.4. The van der Waals surface area contributed by atoms with Crippen LogP contribution < -0.4 is 5.73 Å². The second kappa shape index (κ2) is 6.70. The summed E-state index contributed by atoms with van der Waals surface area (Å²) in [6, 6.07) is 8.04. The highest BCUT2D eigenvalue weighted by atomic mass is 79.9. The van der Waals surface area contributed by atoms with Gasteiger partial charge in [-0.25, -0.2) is 0 Å². The summed E-state index contributed by atoms with van der Waals surface area (Å²) in [6.07, 6.45) is 1.25. The number of benzene rings is 1. The third-order valence-corrected chi connectivity index (χ3v) is 4.60. The molecule has 5 heteroatoms. The highest BCUT2D eigenvalue weighted by molar-refractivity contribution is 9.10. The van der Waals surface area contributed by atoms with Gasteiger partial charge in [-0.1, -0.05) is 28.1 Å². The first-order chi connectivity index (χ1) is 9.47. The Morgan fingerprint density at radius 3 is 2.70 bits per heavy atom. The Bertz CT molecular complexity index is 463. The van der Waals surface area contributed by atoms with Gasteiger partial charge >= 0.3 is 0 Å². The molecule has 110 valence electrons. The van der Waals surface area contributed by atoms with Gasteiger partial charge < -0.3 is 10.8 Å². The maximum absolute atomic E-state index is 11.3. The van der Waals surface area contributed by atoms with Crippen molar-refractivity contribution < 1.29 is 9.90 Å². The standard InChI is InChI=1S/C15H21BrN2O2/c1-10-2-3-12(15(17)20)8-18(10)9-14(19)11-4-6-13(16)7-5-11/h4-7,10,12,14,19H,2-3,8-9H2,1H3,(H2,17,20). The van der Waals surface area contributed by atoms with Crippen LogP contribution in [0.4, 0.5) is 0 Å². The first-order valence-electron chi connectivity index (χ1n) is 6.94. The molecule has 2 rings (SSSR count). The molecular weight excluding hydrogens is 320 g/mol. The lowest BCUT2D eigenvalue weighted by atomic mass is 9.92. The van der Waals surface area contributed by atoms with E-state index in [2.05, 4.69) is 27.8 Å². The fourth-order valence-corrected chi connectivity index (χ4v) is 2.94. The van der Waals surface area contributed by atoms with E-state index >= 15 is 0 Å². The molecule has 20 heavy (non-hydrogen) atoms. The van der Waals surface area contributed by atoms with Crippen LogP contribution in [0.1, 0.15) is 31.4 Å². The minimum absolute atomic E-state index is 0.0942. The van der Waals surface area contributed by atoms with Crippen LogP contribution in [0.3, 0.4) is 0 Å². The van der Waals surface area contributed by atoms with Crippen LogP contribution in [0, 0.1) is 5.92 Å². The van der Waals surface area contributed by atoms with E-state index in [9.17, 15) is 9.90 Å². The van der Waals surface area contributed by atoms with Gasteiger partial charge in [0.2, 0.25) is 5.91 Å². The lowest BCUT2D eigenvalue weighted by Crippen LogP contribution is -2.47. The number of rotatable bonds is 4. The first kappa shape index (κ1) is 15.5. The lowest BCUT2D eigenvalue weighted by molar-refractivity contribution is -0.124. The summed E-state index contributed by atoms with van der Waals surface area (Å²) in [7, 11) is 0. The molecule has 3 unspecified atom stereocenters. The Labute approximate surface area is 128 Å². The van der Waals surface area contributed by atoms with Crippen molar-refractivity contribution in [1.29, 1.82) is 0 Å². The molecule has 1 aliphatic heterocycles. The summed E-state index contributed by atoms with van der Waals surface area (Å²) in [4.78, 5) is 13.5. The van der Waals surface area contributed by atoms with Crippen LogP contribution in [0.5, 0.6) is 0 Å². The molecule has 0 spiro atoms. The van der Waals surface area contributed by atoms with Crippen molar-refractivity contribution in [2.24, 2.45) is 11.7 Å². The molecule has 3 N–H and O–H groups in total. The largest absolute Gasteiger partial charge is 0.387 e. The quantitative estimate of drug-likeness (QED) is 0.881. The van der Waals surface area contributed by atoms with Crippen molar-refractivity contribution in [2.75, 3.05) is 13.1 Å². The number of hydrogen-bond donors (Lipinski definition) is 2. The zero-order chi connectivity index (χ0) is 14.7. The van der Waals surface area contributed by atoms with Crippen LogP contribution in [0.2, 0.25) is 0 Å². The Hall–Kier alpha value is -0.910. The van der Waals surface area contributed by atoms with E-state index in [0.717, 1.165) is 22.9 Å². The average Bonchev–Trinajstić information content (AvgIpc) is 2.41. The summed E-state index contributed by atoms with van der Waals surface area (Å²) in [5, 5.41) is 10.3. The summed E-state index contributed by atoms with van der Waals surface area (Å²) in [5.41, 5.74) is 6.29. The highest BCUT2D eigenvalue weighted by Crippen LogP contribution is 2.25. The van der Waals surface area contributed by atoms with Gasteiger partial charge in [-0.3, -0.25) is 9.69 Å². The van der Waals surface area contributed by atoms with Gasteiger partial charge in [0.05, 0.1) is 12.0 Å². The molecule has 0 saturated carbocycles. The zero-order valence-corrected chi connectivity index (χ0v) is 13.2. The van der Waals surface area contributed by atoms with Crippen LogP contribution in [-0.2, 0) is 4.79 Å². The molecule has 1 amide bonds. The van der Waals surface area contributed by atoms with Crippen molar-refractivity contribution in [2.45, 2.75) is 31.9 Å². The van der Waals surface area contributed by atoms with E-state index in [-0.39, 0.29) is 11.8 Å². The van der Waals surface area contributed by atoms with Crippen molar-refractivity contribution in [3.63, 3.8) is 0 Å². The summed E-state index contributed by atoms with van der Waals surface area (Å²) < 4.78 is 0.994. The number of nitrogens with zero attached hydrogens (tertiary/aromatic N) is 1. The van der Waals surface area contributed by atoms with Crippen molar-refractivity contribution in [1.82, 2.24) is 4.90 Å². The number of likely N-dealkylation sites (tertiary alicyclic amines) is 1. The Morgan fingerprint density at radius 2 is 2.10 bits per heavy atom. The van der Waals surface area contributed by atoms with E-state index < -0.39 is 6.10 Å². The monoisotopic (exact) mass is 340 g/mol. The number of carbonyl (C=O) groups excluding carboxylic acids is 1. The first-order valence-corrected chi connectivity index (χ1v) is 7.73. The Morgan fingerprint density at radius 1 is 1.45 bits per heavy atom. The molecule has 3 atom stereocenters. The number of hydrogen-bond acceptors (Lipinski definition) is 3. The number of halogens is 1. The predicted octanol–water partition coefficient (Wildman–Crippen LogP) is 2.07. The summed E-state index contributed by atoms with van der Waals surface area (Å²) in [5.74, 6) is -0.330. The molecule has 0 aliphatic carbocycles. The second-order valence-electron chi connectivity index (χ2n) is 5.55. The van der Waals surface area contributed by atoms with E-state index in [0.29, 0.717) is 19.1 Å². The number of nitrogens with two attached hydrogens (primary N) is 1. The predicted molar refractivity (Wildman–Crippen MR) is 82.1 cm³/mol. The molecule has 1 saturated heterocycles. The molecule has 1 aromatic rings. The summed E-state index contributed by atoms with van der Waals surface area (Å²) in [6.45, 7) is 3.31. The van der Waals surface area contributed by atoms with Crippen molar-refractivity contribution in [3.8, 4) is 0 Å². The van der Waals surface area contributed by atoms with E-state index in [1.54, 1.807) is 0 Å². The minimum atomic E-state index is -0.544. The molecule has 1 aliphatic rings. The number of aliphatic hydroxyl groups excluding tert-OH is 1. The lowest BCUT2D eigenvalue weighted by Gasteiger charge is -2.38. The van der Waals surface area contributed by atoms with Crippen LogP contribution >= 0.6 is 15.9 Å². The maximum atomic E-state index is 11.3.